The van der Waals surface area contributed by atoms with Gasteiger partial charge in [-0.05, 0) is 5.69 Å². The van der Waals surface area contributed by atoms with Crippen molar-refractivity contribution >= 4 is 17.3 Å². The van der Waals surface area contributed by atoms with E-state index in [1.807, 2.05) is 0 Å². The van der Waals surface area contributed by atoms with Gasteiger partial charge in [-0.2, -0.15) is 0 Å². The predicted octanol–water partition coefficient (Wildman–Crippen LogP) is -1.79. The number of halogens is 1. The predicted molar refractivity (Wildman–Crippen MR) is 90.1 cm³/mol. The van der Waals surface area contributed by atoms with Crippen molar-refractivity contribution in [2.45, 2.75) is 13.0 Å². The number of morpholine rings is 1. The molecule has 27 heavy (non-hydrogen) atoms. The van der Waals surface area contributed by atoms with Crippen molar-refractivity contribution in [2.75, 3.05) is 37.7 Å². The maximum absolute atomic E-state index is 13.5. The number of carbonyl (C=O) groups excluding carboxylic acids is 1. The number of hydrogen-bond donors (Lipinski definition) is 2. The van der Waals surface area contributed by atoms with Gasteiger partial charge in [-0.1, -0.05) is 18.2 Å². The first kappa shape index (κ1) is 25.3. The molecule has 0 unspecified atom stereocenters. The van der Waals surface area contributed by atoms with Crippen molar-refractivity contribution < 1.29 is 47.5 Å². The molecule has 1 saturated heterocycles. The molecule has 146 valence electrons. The van der Waals surface area contributed by atoms with Gasteiger partial charge in [0.05, 0.1) is 13.2 Å². The zero-order valence-electron chi connectivity index (χ0n) is 15.3. The van der Waals surface area contributed by atoms with Crippen LogP contribution >= 0.6 is 0 Å². The van der Waals surface area contributed by atoms with Crippen LogP contribution in [-0.2, 0) is 14.3 Å². The number of carbonyl (C=O) groups is 1. The van der Waals surface area contributed by atoms with Gasteiger partial charge >= 0.3 is 18.9 Å². The molecule has 1 aliphatic rings. The van der Waals surface area contributed by atoms with Crippen LogP contribution in [0.25, 0.3) is 0 Å². The Labute approximate surface area is 169 Å². The number of nitro benzene ring substituents is 1. The third kappa shape index (κ3) is 9.70. The summed E-state index contributed by atoms with van der Waals surface area (Å²) in [5.41, 5.74) is 0.0247. The molecule has 2 N–H and O–H groups in total. The molecule has 0 saturated carbocycles. The minimum absolute atomic E-state index is 0. The third-order valence-corrected chi connectivity index (χ3v) is 3.25. The van der Waals surface area contributed by atoms with Crippen molar-refractivity contribution in [1.82, 2.24) is 5.32 Å². The molecule has 1 atom stereocenters. The maximum Gasteiger partial charge on any atom is 1.00 e. The summed E-state index contributed by atoms with van der Waals surface area (Å²) in [7, 11) is 0. The van der Waals surface area contributed by atoms with E-state index in [1.54, 1.807) is 4.90 Å². The molecule has 11 heteroatoms. The van der Waals surface area contributed by atoms with Gasteiger partial charge in [0.1, 0.15) is 0 Å². The second kappa shape index (κ2) is 13.5. The van der Waals surface area contributed by atoms with Crippen molar-refractivity contribution in [2.24, 2.45) is 0 Å². The molecule has 9 nitrogen and oxygen atoms in total. The second-order valence-corrected chi connectivity index (χ2v) is 5.21. The number of hydrogen-bond acceptors (Lipinski definition) is 7. The van der Waals surface area contributed by atoms with Crippen LogP contribution in [0.4, 0.5) is 15.8 Å². The fourth-order valence-corrected chi connectivity index (χ4v) is 2.00. The Bertz CT molecular complexity index is 602. The fourth-order valence-electron chi connectivity index (χ4n) is 2.00. The molecule has 0 aromatic heterocycles. The summed E-state index contributed by atoms with van der Waals surface area (Å²) in [6.45, 7) is 7.81. The topological polar surface area (TPSA) is 114 Å². The second-order valence-electron chi connectivity index (χ2n) is 5.21. The molecule has 1 aliphatic heterocycles. The van der Waals surface area contributed by atoms with Crippen LogP contribution in [0.15, 0.2) is 12.1 Å². The van der Waals surface area contributed by atoms with Crippen LogP contribution in [0, 0.1) is 35.7 Å². The summed E-state index contributed by atoms with van der Waals surface area (Å²) in [6, 6.07) is 4.50. The Morgan fingerprint density at radius 3 is 2.78 bits per heavy atom. The van der Waals surface area contributed by atoms with Gasteiger partial charge in [-0.25, -0.2) is 0 Å². The van der Waals surface area contributed by atoms with E-state index in [0.29, 0.717) is 39.6 Å². The first-order valence-corrected chi connectivity index (χ1v) is 7.72. The average molecular weight is 377 g/mol. The average Bonchev–Trinajstić information content (AvgIpc) is 2.62. The first-order chi connectivity index (χ1) is 12.3. The largest absolute Gasteiger partial charge is 1.00 e. The van der Waals surface area contributed by atoms with Crippen molar-refractivity contribution in [3.63, 3.8) is 0 Å². The molecule has 2 rings (SSSR count). The van der Waals surface area contributed by atoms with Crippen LogP contribution in [-0.4, -0.2) is 54.9 Å². The molecular formula is C16H21FLiN3O6-2. The van der Waals surface area contributed by atoms with Crippen LogP contribution in [0.2, 0.25) is 0 Å². The molecule has 0 bridgehead atoms. The zero-order chi connectivity index (χ0) is 19.5. The van der Waals surface area contributed by atoms with Crippen LogP contribution in [0.1, 0.15) is 6.92 Å². The summed E-state index contributed by atoms with van der Waals surface area (Å²) in [4.78, 5) is 22.0. The van der Waals surface area contributed by atoms with Gasteiger partial charge < -0.3 is 31.7 Å². The molecule has 1 aromatic carbocycles. The number of amides is 1. The van der Waals surface area contributed by atoms with E-state index < -0.39 is 16.8 Å². The smallest absolute Gasteiger partial charge is 0.547 e. The maximum atomic E-state index is 13.5. The van der Waals surface area contributed by atoms with E-state index in [1.165, 1.54) is 13.0 Å². The minimum atomic E-state index is -0.580. The summed E-state index contributed by atoms with van der Waals surface area (Å²) >= 11 is 0. The molecule has 0 spiro atoms. The van der Waals surface area contributed by atoms with Crippen LogP contribution in [0.3, 0.4) is 0 Å². The van der Waals surface area contributed by atoms with Gasteiger partial charge in [0.2, 0.25) is 5.91 Å². The summed E-state index contributed by atoms with van der Waals surface area (Å²) in [5.74, 6) is -0.636. The number of aliphatic hydroxyl groups excluding tert-OH is 1. The van der Waals surface area contributed by atoms with Gasteiger partial charge in [0.25, 0.3) is 0 Å². The quantitative estimate of drug-likeness (QED) is 0.260. The summed E-state index contributed by atoms with van der Waals surface area (Å²) < 4.78 is 23.1. The molecule has 0 aliphatic carbocycles. The molecule has 1 aromatic rings. The van der Waals surface area contributed by atoms with Crippen LogP contribution in [0.5, 0.6) is 0 Å². The molecular weight excluding hydrogens is 356 g/mol. The van der Waals surface area contributed by atoms with E-state index in [2.05, 4.69) is 23.0 Å². The number of rotatable bonds is 6. The van der Waals surface area contributed by atoms with Gasteiger partial charge in [0, 0.05) is 37.3 Å². The molecule has 1 heterocycles. The Morgan fingerprint density at radius 1 is 1.63 bits per heavy atom. The molecule has 1 fully saturated rings. The van der Waals surface area contributed by atoms with Crippen molar-refractivity contribution in [3.05, 3.63) is 47.8 Å². The monoisotopic (exact) mass is 377 g/mol. The summed E-state index contributed by atoms with van der Waals surface area (Å²) in [5, 5.41) is 21.1. The van der Waals surface area contributed by atoms with Crippen molar-refractivity contribution in [1.29, 1.82) is 0 Å². The zero-order valence-corrected chi connectivity index (χ0v) is 15.3. The van der Waals surface area contributed by atoms with E-state index >= 15 is 0 Å². The molecule has 0 radical (unpaired) electrons. The number of ether oxygens (including phenoxy) is 2. The number of aliphatic hydroxyl groups is 1. The number of anilines is 1. The third-order valence-electron chi connectivity index (χ3n) is 3.25. The fraction of sp³-hybridized carbons (Fsp3) is 0.438. The Balaban J connectivity index is 0.000000539. The van der Waals surface area contributed by atoms with Gasteiger partial charge in [-0.3, -0.25) is 19.3 Å². The Morgan fingerprint density at radius 2 is 2.26 bits per heavy atom. The number of nitro groups is 1. The first-order valence-electron chi connectivity index (χ1n) is 7.72. The molecule has 1 amide bonds. The SMILES string of the molecule is O=[N+]([O-])c1[c-]cc(F)c(N2CCOCC2)c1.[CH2-][C@H](CNC(C)=O)O[CH-]O.[Li+]. The normalized spacial score (nSPS) is 14.3. The number of nitrogens with zero attached hydrogens (tertiary/aromatic N) is 2. The Hall–Kier alpha value is -1.70. The summed E-state index contributed by atoms with van der Waals surface area (Å²) in [6.07, 6.45) is -0.436. The van der Waals surface area contributed by atoms with Crippen molar-refractivity contribution in [3.8, 4) is 0 Å². The number of benzene rings is 1. The van der Waals surface area contributed by atoms with E-state index in [4.69, 9.17) is 9.84 Å². The van der Waals surface area contributed by atoms with Gasteiger partial charge in [0.15, 0.2) is 5.69 Å². The van der Waals surface area contributed by atoms with E-state index in [-0.39, 0.29) is 36.1 Å². The van der Waals surface area contributed by atoms with E-state index in [0.717, 1.165) is 6.07 Å². The van der Waals surface area contributed by atoms with E-state index in [9.17, 15) is 19.3 Å². The van der Waals surface area contributed by atoms with Crippen LogP contribution < -0.4 is 29.1 Å². The standard InChI is InChI=1S/C10H10FN2O3.C6H11NO3.Li/c11-9-2-1-8(13(14)15)7-10(9)12-3-5-16-6-4-12;1-5(10-4-8)3-7-6(2)9;/h2,7H,3-6H2;4-5,8H,1,3H2,2H3,(H,7,9);/q-1;-2;+1/t;5-;/m.1./s1. The van der Waals surface area contributed by atoms with Gasteiger partial charge in [-0.15, -0.1) is 12.9 Å². The Kier molecular flexibility index (Phi) is 12.6. The number of nitrogens with one attached hydrogen (secondary N) is 1. The number of non-ortho nitro benzene ring substituents is 1. The minimum Gasteiger partial charge on any atom is -0.547 e.